The summed E-state index contributed by atoms with van der Waals surface area (Å²) in [5, 5.41) is 14.0. The number of pyridine rings is 2. The summed E-state index contributed by atoms with van der Waals surface area (Å²) in [6.07, 6.45) is 8.66. The molecule has 0 saturated carbocycles. The highest BCUT2D eigenvalue weighted by Crippen LogP contribution is 2.37. The fourth-order valence-corrected chi connectivity index (χ4v) is 5.23. The molecule has 4 rings (SSSR count). The lowest BCUT2D eigenvalue weighted by atomic mass is 10.0. The van der Waals surface area contributed by atoms with Gasteiger partial charge in [-0.1, -0.05) is 19.4 Å². The molecule has 0 aliphatic carbocycles. The minimum atomic E-state index is -0.984. The number of carboxylic acid groups (broad SMARTS) is 1. The monoisotopic (exact) mass is 439 g/mol. The van der Waals surface area contributed by atoms with Crippen LogP contribution in [0.2, 0.25) is 0 Å². The van der Waals surface area contributed by atoms with Gasteiger partial charge in [0.1, 0.15) is 15.5 Å². The zero-order valence-electron chi connectivity index (χ0n) is 17.8. The van der Waals surface area contributed by atoms with Crippen LogP contribution in [0.25, 0.3) is 10.2 Å². The number of anilines is 2. The normalized spacial score (nSPS) is 14.9. The molecule has 0 radical (unpaired) electrons. The van der Waals surface area contributed by atoms with Crippen LogP contribution in [0.3, 0.4) is 0 Å². The molecule has 0 unspecified atom stereocenters. The summed E-state index contributed by atoms with van der Waals surface area (Å²) in [6, 6.07) is 6.70. The number of piperidine rings is 1. The van der Waals surface area contributed by atoms with Crippen molar-refractivity contribution in [1.29, 1.82) is 0 Å². The molecule has 1 aliphatic rings. The first-order valence-electron chi connectivity index (χ1n) is 10.9. The van der Waals surface area contributed by atoms with Crippen LogP contribution in [0.5, 0.6) is 0 Å². The first-order valence-corrected chi connectivity index (χ1v) is 11.7. The van der Waals surface area contributed by atoms with Crippen molar-refractivity contribution >= 4 is 39.0 Å². The molecule has 0 amide bonds. The number of fused-ring (bicyclic) bond motifs is 1. The summed E-state index contributed by atoms with van der Waals surface area (Å²) in [5.41, 5.74) is 8.87. The largest absolute Gasteiger partial charge is 0.477 e. The Morgan fingerprint density at radius 3 is 2.84 bits per heavy atom. The lowest BCUT2D eigenvalue weighted by molar-refractivity contribution is 0.0703. The van der Waals surface area contributed by atoms with E-state index in [1.165, 1.54) is 16.9 Å². The Morgan fingerprint density at radius 1 is 1.35 bits per heavy atom. The second-order valence-electron chi connectivity index (χ2n) is 8.05. The SMILES string of the molecule is CCCc1cc(N2CCC(NCCc3cccnc3)CC2)nc2sc(C(=O)O)c(N)c12. The van der Waals surface area contributed by atoms with Gasteiger partial charge in [-0.3, -0.25) is 4.98 Å². The van der Waals surface area contributed by atoms with Crippen molar-refractivity contribution in [2.45, 2.75) is 45.1 Å². The third kappa shape index (κ3) is 4.80. The zero-order chi connectivity index (χ0) is 21.8. The molecule has 0 aromatic carbocycles. The molecule has 1 saturated heterocycles. The topological polar surface area (TPSA) is 104 Å². The maximum Gasteiger partial charge on any atom is 0.348 e. The molecule has 7 nitrogen and oxygen atoms in total. The van der Waals surface area contributed by atoms with Gasteiger partial charge in [-0.15, -0.1) is 11.3 Å². The zero-order valence-corrected chi connectivity index (χ0v) is 18.6. The van der Waals surface area contributed by atoms with E-state index in [2.05, 4.69) is 34.3 Å². The summed E-state index contributed by atoms with van der Waals surface area (Å²) in [4.78, 5) is 23.8. The van der Waals surface area contributed by atoms with E-state index in [1.54, 1.807) is 6.20 Å². The Kier molecular flexibility index (Phi) is 6.67. The minimum absolute atomic E-state index is 0.188. The maximum absolute atomic E-state index is 11.5. The summed E-state index contributed by atoms with van der Waals surface area (Å²) in [5.74, 6) is -0.0504. The third-order valence-corrected chi connectivity index (χ3v) is 6.96. The molecule has 0 atom stereocenters. The van der Waals surface area contributed by atoms with Gasteiger partial charge in [0.2, 0.25) is 0 Å². The first kappa shape index (κ1) is 21.5. The van der Waals surface area contributed by atoms with Gasteiger partial charge in [0.25, 0.3) is 0 Å². The first-order chi connectivity index (χ1) is 15.1. The Labute approximate surface area is 186 Å². The maximum atomic E-state index is 11.5. The molecule has 8 heteroatoms. The smallest absolute Gasteiger partial charge is 0.348 e. The number of nitrogens with two attached hydrogens (primary N) is 1. The van der Waals surface area contributed by atoms with Crippen LogP contribution in [-0.2, 0) is 12.8 Å². The third-order valence-electron chi connectivity index (χ3n) is 5.87. The van der Waals surface area contributed by atoms with Gasteiger partial charge in [-0.25, -0.2) is 9.78 Å². The predicted molar refractivity (Wildman–Crippen MR) is 126 cm³/mol. The minimum Gasteiger partial charge on any atom is -0.477 e. The quantitative estimate of drug-likeness (QED) is 0.491. The Bertz CT molecular complexity index is 1050. The molecule has 3 aromatic rings. The van der Waals surface area contributed by atoms with E-state index in [1.807, 2.05) is 12.3 Å². The number of carbonyl (C=O) groups is 1. The number of hydrogen-bond acceptors (Lipinski definition) is 7. The molecule has 164 valence electrons. The van der Waals surface area contributed by atoms with E-state index in [9.17, 15) is 9.90 Å². The van der Waals surface area contributed by atoms with Crippen molar-refractivity contribution in [3.05, 3.63) is 46.6 Å². The highest BCUT2D eigenvalue weighted by atomic mass is 32.1. The van der Waals surface area contributed by atoms with Crippen molar-refractivity contribution in [1.82, 2.24) is 15.3 Å². The van der Waals surface area contributed by atoms with E-state index in [4.69, 9.17) is 10.7 Å². The number of nitrogens with zero attached hydrogens (tertiary/aromatic N) is 3. The second kappa shape index (κ2) is 9.62. The van der Waals surface area contributed by atoms with Gasteiger partial charge >= 0.3 is 5.97 Å². The average molecular weight is 440 g/mol. The van der Waals surface area contributed by atoms with E-state index in [0.717, 1.165) is 73.3 Å². The number of aromatic nitrogens is 2. The van der Waals surface area contributed by atoms with Crippen molar-refractivity contribution in [3.63, 3.8) is 0 Å². The van der Waals surface area contributed by atoms with Gasteiger partial charge in [0.15, 0.2) is 0 Å². The highest BCUT2D eigenvalue weighted by Gasteiger charge is 2.23. The number of aromatic carboxylic acids is 1. The number of carboxylic acids is 1. The van der Waals surface area contributed by atoms with Crippen molar-refractivity contribution in [2.75, 3.05) is 30.3 Å². The van der Waals surface area contributed by atoms with Crippen LogP contribution >= 0.6 is 11.3 Å². The van der Waals surface area contributed by atoms with Gasteiger partial charge in [0, 0.05) is 36.9 Å². The summed E-state index contributed by atoms with van der Waals surface area (Å²) >= 11 is 1.18. The summed E-state index contributed by atoms with van der Waals surface area (Å²) in [7, 11) is 0. The van der Waals surface area contributed by atoms with Crippen molar-refractivity contribution in [2.24, 2.45) is 0 Å². The fraction of sp³-hybridized carbons (Fsp3) is 0.435. The highest BCUT2D eigenvalue weighted by molar-refractivity contribution is 7.21. The molecular formula is C23H29N5O2S. The van der Waals surface area contributed by atoms with Gasteiger partial charge in [-0.05, 0) is 55.5 Å². The second-order valence-corrected chi connectivity index (χ2v) is 9.05. The number of nitrogen functional groups attached to an aromatic ring is 1. The van der Waals surface area contributed by atoms with Gasteiger partial charge in [0.05, 0.1) is 5.69 Å². The predicted octanol–water partition coefficient (Wildman–Crippen LogP) is 3.73. The lowest BCUT2D eigenvalue weighted by Gasteiger charge is -2.33. The van der Waals surface area contributed by atoms with E-state index < -0.39 is 5.97 Å². The van der Waals surface area contributed by atoms with Crippen molar-refractivity contribution in [3.8, 4) is 0 Å². The van der Waals surface area contributed by atoms with Crippen LogP contribution in [0.4, 0.5) is 11.5 Å². The fourth-order valence-electron chi connectivity index (χ4n) is 4.25. The van der Waals surface area contributed by atoms with E-state index in [0.29, 0.717) is 11.7 Å². The molecule has 0 spiro atoms. The molecule has 3 aromatic heterocycles. The van der Waals surface area contributed by atoms with Crippen LogP contribution in [-0.4, -0.2) is 46.7 Å². The summed E-state index contributed by atoms with van der Waals surface area (Å²) in [6.45, 7) is 4.94. The number of thiophene rings is 1. The number of nitrogens with one attached hydrogen (secondary N) is 1. The molecular weight excluding hydrogens is 410 g/mol. The van der Waals surface area contributed by atoms with E-state index in [-0.39, 0.29) is 4.88 Å². The van der Waals surface area contributed by atoms with Crippen LogP contribution in [0, 0.1) is 0 Å². The Balaban J connectivity index is 1.43. The van der Waals surface area contributed by atoms with Crippen LogP contribution in [0.1, 0.15) is 47.0 Å². The Hall–Kier alpha value is -2.71. The summed E-state index contributed by atoms with van der Waals surface area (Å²) < 4.78 is 0. The molecule has 1 aliphatic heterocycles. The number of rotatable bonds is 8. The molecule has 4 N–H and O–H groups in total. The molecule has 4 heterocycles. The number of aryl methyl sites for hydroxylation is 1. The van der Waals surface area contributed by atoms with Crippen LogP contribution in [0.15, 0.2) is 30.6 Å². The van der Waals surface area contributed by atoms with Gasteiger partial charge in [-0.2, -0.15) is 0 Å². The van der Waals surface area contributed by atoms with Crippen LogP contribution < -0.4 is 16.0 Å². The van der Waals surface area contributed by atoms with E-state index >= 15 is 0 Å². The standard InChI is InChI=1S/C23H29N5O2S/c1-2-4-16-13-18(27-22-19(16)20(24)21(31-22)23(29)30)28-11-7-17(8-12-28)26-10-6-15-5-3-9-25-14-15/h3,5,9,13-14,17,26H,2,4,6-8,10-12,24H2,1H3,(H,29,30). The molecule has 31 heavy (non-hydrogen) atoms. The lowest BCUT2D eigenvalue weighted by Crippen LogP contribution is -2.43. The molecule has 1 fully saturated rings. The number of hydrogen-bond donors (Lipinski definition) is 3. The average Bonchev–Trinajstić information content (AvgIpc) is 3.12. The van der Waals surface area contributed by atoms with Crippen molar-refractivity contribution < 1.29 is 9.90 Å². The Morgan fingerprint density at radius 2 is 2.16 bits per heavy atom. The van der Waals surface area contributed by atoms with Gasteiger partial charge < -0.3 is 21.1 Å². The molecule has 0 bridgehead atoms.